The maximum absolute atomic E-state index is 13.1. The van der Waals surface area contributed by atoms with Crippen molar-refractivity contribution in [3.63, 3.8) is 0 Å². The van der Waals surface area contributed by atoms with E-state index in [9.17, 15) is 24.1 Å². The van der Waals surface area contributed by atoms with Crippen molar-refractivity contribution in [2.75, 3.05) is 36.6 Å². The molecule has 19 heteroatoms. The van der Waals surface area contributed by atoms with Crippen LogP contribution in [-0.4, -0.2) is 95.5 Å². The number of aliphatic carboxylic acids is 1. The lowest BCUT2D eigenvalue weighted by atomic mass is 9.89. The van der Waals surface area contributed by atoms with E-state index in [0.29, 0.717) is 0 Å². The topological polar surface area (TPSA) is 218 Å². The van der Waals surface area contributed by atoms with Crippen molar-refractivity contribution < 1.29 is 38.7 Å². The third kappa shape index (κ3) is 6.53. The van der Waals surface area contributed by atoms with Crippen LogP contribution in [0.15, 0.2) is 39.1 Å². The number of carboxylic acids is 1. The number of para-hydroxylation sites is 1. The Morgan fingerprint density at radius 2 is 2.10 bits per heavy atom. The number of carbonyl (C=O) groups excluding carboxylic acids is 2. The number of thiazole rings is 2. The van der Waals surface area contributed by atoms with Gasteiger partial charge in [-0.3, -0.25) is 18.9 Å². The summed E-state index contributed by atoms with van der Waals surface area (Å²) >= 11 is 5.14. The van der Waals surface area contributed by atoms with E-state index in [1.54, 1.807) is 0 Å². The van der Waals surface area contributed by atoms with Crippen LogP contribution in [0.1, 0.15) is 5.69 Å². The predicted molar refractivity (Wildman–Crippen MR) is 156 cm³/mol. The maximum Gasteiger partial charge on any atom is 0.329 e. The largest absolute Gasteiger partial charge is 0.481 e. The normalized spacial score (nSPS) is 22.7. The highest BCUT2D eigenvalue weighted by Crippen LogP contribution is 2.45. The lowest BCUT2D eigenvalue weighted by Crippen LogP contribution is -2.74. The van der Waals surface area contributed by atoms with Crippen molar-refractivity contribution in [1.82, 2.24) is 20.2 Å². The molecule has 0 bridgehead atoms. The number of nitrogens with one attached hydrogen (secondary N) is 1. The molecular formula is C22H23N6O8PS4. The molecule has 4 heterocycles. The number of β-lactam (4-membered cyclic amide) rings is 1. The number of carboxylic acid groups (broad SMARTS) is 1. The molecule has 2 fully saturated rings. The first-order chi connectivity index (χ1) is 19.5. The molecule has 3 atom stereocenters. The van der Waals surface area contributed by atoms with Gasteiger partial charge in [0.25, 0.3) is 5.91 Å². The fourth-order valence-electron chi connectivity index (χ4n) is 4.10. The summed E-state index contributed by atoms with van der Waals surface area (Å²) in [6.45, 7) is -0.472. The monoisotopic (exact) mass is 658 g/mol. The number of nitrogens with two attached hydrogens (primary N) is 1. The molecule has 6 N–H and O–H groups in total. The number of rotatable bonds is 11. The molecule has 2 unspecified atom stereocenters. The number of benzene rings is 1. The van der Waals surface area contributed by atoms with Crippen LogP contribution < -0.4 is 11.1 Å². The van der Waals surface area contributed by atoms with E-state index in [4.69, 9.17) is 20.4 Å². The zero-order chi connectivity index (χ0) is 29.4. The van der Waals surface area contributed by atoms with E-state index in [-0.39, 0.29) is 34.6 Å². The molecule has 0 radical (unpaired) electrons. The molecule has 218 valence electrons. The highest BCUT2D eigenvalue weighted by molar-refractivity contribution is 8.01. The SMILES string of the molecule is Nc1nc(C(=NOCCP(=O)(O)O)C(=O)NC2C(=O)N3CC(CSc4nc5ccccc5s4)(C(=O)O)CS[C@H]23)cs1. The molecule has 1 aromatic carbocycles. The molecule has 2 aliphatic heterocycles. The van der Waals surface area contributed by atoms with Crippen LogP contribution >= 0.6 is 53.8 Å². The number of carbonyl (C=O) groups is 3. The van der Waals surface area contributed by atoms with Gasteiger partial charge in [-0.1, -0.05) is 29.1 Å². The highest BCUT2D eigenvalue weighted by Gasteiger charge is 2.57. The summed E-state index contributed by atoms with van der Waals surface area (Å²) in [6, 6.07) is 6.71. The van der Waals surface area contributed by atoms with Crippen molar-refractivity contribution >= 4 is 92.6 Å². The summed E-state index contributed by atoms with van der Waals surface area (Å²) in [5.74, 6) is -1.81. The molecule has 2 aromatic heterocycles. The smallest absolute Gasteiger partial charge is 0.329 e. The number of fused-ring (bicyclic) bond motifs is 2. The Labute approximate surface area is 248 Å². The van der Waals surface area contributed by atoms with Crippen LogP contribution in [0, 0.1) is 5.41 Å². The predicted octanol–water partition coefficient (Wildman–Crippen LogP) is 1.50. The summed E-state index contributed by atoms with van der Waals surface area (Å²) in [6.07, 6.45) is -0.609. The number of oxime groups is 1. The summed E-state index contributed by atoms with van der Waals surface area (Å²) in [5.41, 5.74) is 5.06. The van der Waals surface area contributed by atoms with Crippen molar-refractivity contribution in [3.05, 3.63) is 35.3 Å². The molecule has 0 aliphatic carbocycles. The van der Waals surface area contributed by atoms with Crippen LogP contribution in [0.25, 0.3) is 10.2 Å². The van der Waals surface area contributed by atoms with Gasteiger partial charge in [-0.2, -0.15) is 0 Å². The van der Waals surface area contributed by atoms with E-state index in [1.807, 2.05) is 24.3 Å². The Morgan fingerprint density at radius 3 is 2.78 bits per heavy atom. The van der Waals surface area contributed by atoms with Gasteiger partial charge in [-0.05, 0) is 12.1 Å². The highest BCUT2D eigenvalue weighted by atomic mass is 32.2. The molecule has 2 amide bonds. The van der Waals surface area contributed by atoms with Gasteiger partial charge in [-0.25, -0.2) is 9.97 Å². The fraction of sp³-hybridized carbons (Fsp3) is 0.364. The van der Waals surface area contributed by atoms with Crippen molar-refractivity contribution in [1.29, 1.82) is 0 Å². The molecule has 0 spiro atoms. The molecular weight excluding hydrogens is 636 g/mol. The number of anilines is 1. The second-order valence-corrected chi connectivity index (χ2v) is 15.2. The van der Waals surface area contributed by atoms with Gasteiger partial charge in [0.1, 0.15) is 29.1 Å². The van der Waals surface area contributed by atoms with Gasteiger partial charge < -0.3 is 35.7 Å². The number of hydrogen-bond donors (Lipinski definition) is 5. The van der Waals surface area contributed by atoms with Gasteiger partial charge in [-0.15, -0.1) is 34.4 Å². The lowest BCUT2D eigenvalue weighted by Gasteiger charge is -2.53. The van der Waals surface area contributed by atoms with Gasteiger partial charge in [0.2, 0.25) is 5.91 Å². The first-order valence-corrected chi connectivity index (χ1v) is 17.4. The number of aromatic nitrogens is 2. The minimum absolute atomic E-state index is 0.0157. The first kappa shape index (κ1) is 29.8. The quantitative estimate of drug-likeness (QED) is 0.0493. The zero-order valence-electron chi connectivity index (χ0n) is 20.9. The van der Waals surface area contributed by atoms with Gasteiger partial charge in [0.15, 0.2) is 15.2 Å². The van der Waals surface area contributed by atoms with Gasteiger partial charge >= 0.3 is 13.6 Å². The Hall–Kier alpha value is -2.73. The average molecular weight is 659 g/mol. The number of thioether (sulfide) groups is 2. The van der Waals surface area contributed by atoms with Crippen molar-refractivity contribution in [3.8, 4) is 0 Å². The first-order valence-electron chi connectivity index (χ1n) is 11.9. The van der Waals surface area contributed by atoms with E-state index < -0.39 is 55.0 Å². The van der Waals surface area contributed by atoms with Crippen LogP contribution in [0.2, 0.25) is 0 Å². The molecule has 2 saturated heterocycles. The van der Waals surface area contributed by atoms with Crippen LogP contribution in [0.5, 0.6) is 0 Å². The summed E-state index contributed by atoms with van der Waals surface area (Å²) in [7, 11) is -4.34. The zero-order valence-corrected chi connectivity index (χ0v) is 25.1. The van der Waals surface area contributed by atoms with Crippen molar-refractivity contribution in [2.45, 2.75) is 15.8 Å². The summed E-state index contributed by atoms with van der Waals surface area (Å²) in [4.78, 5) is 71.5. The second-order valence-electron chi connectivity index (χ2n) is 9.17. The van der Waals surface area contributed by atoms with Crippen molar-refractivity contribution in [2.24, 2.45) is 10.6 Å². The van der Waals surface area contributed by atoms with E-state index in [2.05, 4.69) is 20.4 Å². The van der Waals surface area contributed by atoms with Crippen LogP contribution in [0.3, 0.4) is 0 Å². The lowest BCUT2D eigenvalue weighted by molar-refractivity contribution is -0.157. The van der Waals surface area contributed by atoms with Gasteiger partial charge in [0, 0.05) is 23.4 Å². The third-order valence-corrected chi connectivity index (χ3v) is 11.7. The average Bonchev–Trinajstić information content (AvgIpc) is 3.55. The molecule has 2 aliphatic rings. The minimum atomic E-state index is -4.34. The van der Waals surface area contributed by atoms with E-state index >= 15 is 0 Å². The molecule has 5 rings (SSSR count). The van der Waals surface area contributed by atoms with Crippen LogP contribution in [-0.2, 0) is 23.8 Å². The van der Waals surface area contributed by atoms with E-state index in [0.717, 1.165) is 25.9 Å². The Balaban J connectivity index is 1.24. The van der Waals surface area contributed by atoms with E-state index in [1.165, 1.54) is 45.1 Å². The summed E-state index contributed by atoms with van der Waals surface area (Å²) in [5, 5.41) is 17.6. The number of hydrogen-bond acceptors (Lipinski definition) is 13. The Morgan fingerprint density at radius 1 is 1.32 bits per heavy atom. The Bertz CT molecular complexity index is 1540. The van der Waals surface area contributed by atoms with Crippen LogP contribution in [0.4, 0.5) is 5.13 Å². The number of nitrogens with zero attached hydrogens (tertiary/aromatic N) is 4. The molecule has 41 heavy (non-hydrogen) atoms. The third-order valence-electron chi connectivity index (χ3n) is 6.24. The standard InChI is InChI=1S/C22H23N6O8PS4/c23-20-24-12(7-38-20)14(27-36-5-6-37(33,34)35)16(29)26-15-17(30)28-8-22(19(31)32,9-39-18(15)28)10-40-21-25-11-3-1-2-4-13(11)41-21/h1-4,7,15,18H,5-6,8-10H2,(H2,23,24)(H,26,29)(H,31,32)(H2,33,34,35)/t15?,18-,22?/m1/s1. The maximum atomic E-state index is 13.1. The minimum Gasteiger partial charge on any atom is -0.481 e. The fourth-order valence-corrected chi connectivity index (χ4v) is 8.90. The van der Waals surface area contributed by atoms with Gasteiger partial charge in [0.05, 0.1) is 16.4 Å². The number of nitrogen functional groups attached to an aromatic ring is 1. The molecule has 3 aromatic rings. The summed E-state index contributed by atoms with van der Waals surface area (Å²) < 4.78 is 12.8. The molecule has 0 saturated carbocycles. The molecule has 14 nitrogen and oxygen atoms in total. The number of amides is 2. The Kier molecular flexibility index (Phi) is 8.61. The second kappa shape index (κ2) is 11.9.